The van der Waals surface area contributed by atoms with Crippen molar-refractivity contribution in [3.05, 3.63) is 33.5 Å². The number of hydrogen-bond donors (Lipinski definition) is 0. The molecule has 0 aliphatic rings. The Kier molecular flexibility index (Phi) is 3.35. The fourth-order valence-corrected chi connectivity index (χ4v) is 3.64. The zero-order valence-electron chi connectivity index (χ0n) is 10.4. The standard InChI is InChI=1S/C13H15NOS2/c1-8-7-12(16-9(8)2)10-5-6-11(17-10)13(15)14(3)4/h5-7H,1-4H3. The van der Waals surface area contributed by atoms with E-state index >= 15 is 0 Å². The number of carbonyl (C=O) groups is 1. The average molecular weight is 265 g/mol. The van der Waals surface area contributed by atoms with Gasteiger partial charge in [-0.3, -0.25) is 4.79 Å². The van der Waals surface area contributed by atoms with Crippen LogP contribution in [0.2, 0.25) is 0 Å². The molecule has 0 aliphatic heterocycles. The molecular weight excluding hydrogens is 250 g/mol. The van der Waals surface area contributed by atoms with Crippen molar-refractivity contribution >= 4 is 28.6 Å². The van der Waals surface area contributed by atoms with Gasteiger partial charge in [-0.05, 0) is 37.6 Å². The second-order valence-electron chi connectivity index (χ2n) is 4.21. The molecule has 0 N–H and O–H groups in total. The predicted molar refractivity (Wildman–Crippen MR) is 75.1 cm³/mol. The van der Waals surface area contributed by atoms with Gasteiger partial charge in [0.2, 0.25) is 0 Å². The Bertz CT molecular complexity index is 532. The first-order valence-electron chi connectivity index (χ1n) is 5.38. The molecule has 0 bridgehead atoms. The lowest BCUT2D eigenvalue weighted by Crippen LogP contribution is -2.20. The van der Waals surface area contributed by atoms with Gasteiger partial charge in [0.1, 0.15) is 0 Å². The van der Waals surface area contributed by atoms with Gasteiger partial charge in [-0.2, -0.15) is 0 Å². The number of carbonyl (C=O) groups excluding carboxylic acids is 1. The molecule has 0 fully saturated rings. The molecule has 2 nitrogen and oxygen atoms in total. The topological polar surface area (TPSA) is 20.3 Å². The predicted octanol–water partition coefficient (Wildman–Crippen LogP) is 3.80. The zero-order valence-corrected chi connectivity index (χ0v) is 12.0. The third-order valence-electron chi connectivity index (χ3n) is 2.63. The summed E-state index contributed by atoms with van der Waals surface area (Å²) in [6.07, 6.45) is 0. The van der Waals surface area contributed by atoms with Crippen molar-refractivity contribution in [3.8, 4) is 9.75 Å². The van der Waals surface area contributed by atoms with E-state index in [0.29, 0.717) is 0 Å². The van der Waals surface area contributed by atoms with Gasteiger partial charge in [0.15, 0.2) is 0 Å². The first-order chi connectivity index (χ1) is 7.99. The molecule has 0 unspecified atom stereocenters. The van der Waals surface area contributed by atoms with Crippen molar-refractivity contribution in [2.24, 2.45) is 0 Å². The molecule has 1 amide bonds. The maximum absolute atomic E-state index is 11.8. The zero-order chi connectivity index (χ0) is 12.6. The molecule has 2 rings (SSSR count). The van der Waals surface area contributed by atoms with Crippen molar-refractivity contribution in [2.45, 2.75) is 13.8 Å². The number of aryl methyl sites for hydroxylation is 2. The molecule has 2 heterocycles. The summed E-state index contributed by atoms with van der Waals surface area (Å²) in [5.41, 5.74) is 1.32. The molecule has 0 spiro atoms. The first kappa shape index (κ1) is 12.3. The van der Waals surface area contributed by atoms with Crippen molar-refractivity contribution in [1.29, 1.82) is 0 Å². The van der Waals surface area contributed by atoms with E-state index in [9.17, 15) is 4.79 Å². The van der Waals surface area contributed by atoms with Crippen LogP contribution in [-0.4, -0.2) is 24.9 Å². The maximum atomic E-state index is 11.8. The van der Waals surface area contributed by atoms with Crippen LogP contribution < -0.4 is 0 Å². The number of rotatable bonds is 2. The van der Waals surface area contributed by atoms with Crippen LogP contribution in [0.25, 0.3) is 9.75 Å². The molecule has 0 aliphatic carbocycles. The van der Waals surface area contributed by atoms with E-state index in [0.717, 1.165) is 4.88 Å². The number of hydrogen-bond acceptors (Lipinski definition) is 3. The van der Waals surface area contributed by atoms with E-state index < -0.39 is 0 Å². The van der Waals surface area contributed by atoms with Crippen LogP contribution in [0.3, 0.4) is 0 Å². The molecule has 17 heavy (non-hydrogen) atoms. The van der Waals surface area contributed by atoms with Crippen molar-refractivity contribution < 1.29 is 4.79 Å². The minimum Gasteiger partial charge on any atom is -0.344 e. The van der Waals surface area contributed by atoms with Crippen LogP contribution in [0.15, 0.2) is 18.2 Å². The highest BCUT2D eigenvalue weighted by molar-refractivity contribution is 7.23. The summed E-state index contributed by atoms with van der Waals surface area (Å²) in [5.74, 6) is 0.0752. The van der Waals surface area contributed by atoms with Gasteiger partial charge in [0.25, 0.3) is 5.91 Å². The SMILES string of the molecule is Cc1cc(-c2ccc(C(=O)N(C)C)s2)sc1C. The molecule has 2 aromatic rings. The molecule has 2 aromatic heterocycles. The lowest BCUT2D eigenvalue weighted by molar-refractivity contribution is 0.0832. The van der Waals surface area contributed by atoms with Crippen LogP contribution in [0, 0.1) is 13.8 Å². The Morgan fingerprint density at radius 3 is 2.35 bits per heavy atom. The van der Waals surface area contributed by atoms with E-state index in [1.54, 1.807) is 41.7 Å². The highest BCUT2D eigenvalue weighted by Gasteiger charge is 2.13. The summed E-state index contributed by atoms with van der Waals surface area (Å²) in [7, 11) is 3.56. The van der Waals surface area contributed by atoms with E-state index in [1.165, 1.54) is 20.2 Å². The first-order valence-corrected chi connectivity index (χ1v) is 7.01. The monoisotopic (exact) mass is 265 g/mol. The van der Waals surface area contributed by atoms with Gasteiger partial charge in [0.05, 0.1) is 4.88 Å². The van der Waals surface area contributed by atoms with Crippen LogP contribution in [-0.2, 0) is 0 Å². The van der Waals surface area contributed by atoms with Crippen LogP contribution in [0.1, 0.15) is 20.1 Å². The van der Waals surface area contributed by atoms with Crippen LogP contribution >= 0.6 is 22.7 Å². The summed E-state index contributed by atoms with van der Waals surface area (Å²) >= 11 is 3.35. The fraction of sp³-hybridized carbons (Fsp3) is 0.308. The largest absolute Gasteiger partial charge is 0.344 e. The maximum Gasteiger partial charge on any atom is 0.263 e. The molecule has 0 saturated carbocycles. The lowest BCUT2D eigenvalue weighted by Gasteiger charge is -2.06. The Labute approximate surface area is 110 Å². The Balaban J connectivity index is 2.33. The minimum atomic E-state index is 0.0752. The summed E-state index contributed by atoms with van der Waals surface area (Å²) in [5, 5.41) is 0. The molecule has 0 atom stereocenters. The Hall–Kier alpha value is -1.13. The third kappa shape index (κ3) is 2.42. The number of amides is 1. The summed E-state index contributed by atoms with van der Waals surface area (Å²) in [6, 6.07) is 6.13. The normalized spacial score (nSPS) is 10.6. The lowest BCUT2D eigenvalue weighted by atomic mass is 10.2. The van der Waals surface area contributed by atoms with E-state index in [2.05, 4.69) is 19.9 Å². The van der Waals surface area contributed by atoms with Gasteiger partial charge in [-0.25, -0.2) is 0 Å². The molecule has 90 valence electrons. The van der Waals surface area contributed by atoms with Gasteiger partial charge >= 0.3 is 0 Å². The van der Waals surface area contributed by atoms with Crippen LogP contribution in [0.5, 0.6) is 0 Å². The van der Waals surface area contributed by atoms with Gasteiger partial charge in [-0.1, -0.05) is 0 Å². The smallest absolute Gasteiger partial charge is 0.263 e. The van der Waals surface area contributed by atoms with Gasteiger partial charge in [0, 0.05) is 28.7 Å². The Morgan fingerprint density at radius 1 is 1.12 bits per heavy atom. The molecule has 0 saturated heterocycles. The van der Waals surface area contributed by atoms with Gasteiger partial charge < -0.3 is 4.90 Å². The second kappa shape index (κ2) is 4.63. The summed E-state index contributed by atoms with van der Waals surface area (Å²) < 4.78 is 0. The molecule has 0 aromatic carbocycles. The molecule has 0 radical (unpaired) electrons. The quantitative estimate of drug-likeness (QED) is 0.809. The minimum absolute atomic E-state index is 0.0752. The molecular formula is C13H15NOS2. The Morgan fingerprint density at radius 2 is 1.82 bits per heavy atom. The van der Waals surface area contributed by atoms with E-state index in [1.807, 2.05) is 12.1 Å². The van der Waals surface area contributed by atoms with Gasteiger partial charge in [-0.15, -0.1) is 22.7 Å². The number of nitrogens with zero attached hydrogens (tertiary/aromatic N) is 1. The van der Waals surface area contributed by atoms with Crippen molar-refractivity contribution in [1.82, 2.24) is 4.90 Å². The number of thiophene rings is 2. The van der Waals surface area contributed by atoms with Crippen molar-refractivity contribution in [2.75, 3.05) is 14.1 Å². The highest BCUT2D eigenvalue weighted by Crippen LogP contribution is 2.35. The highest BCUT2D eigenvalue weighted by atomic mass is 32.1. The third-order valence-corrected chi connectivity index (χ3v) is 5.05. The van der Waals surface area contributed by atoms with Crippen molar-refractivity contribution in [3.63, 3.8) is 0 Å². The molecule has 4 heteroatoms. The summed E-state index contributed by atoms with van der Waals surface area (Å²) in [6.45, 7) is 4.25. The summed E-state index contributed by atoms with van der Waals surface area (Å²) in [4.78, 5) is 18.0. The average Bonchev–Trinajstić information content (AvgIpc) is 2.85. The van der Waals surface area contributed by atoms with E-state index in [4.69, 9.17) is 0 Å². The second-order valence-corrected chi connectivity index (χ2v) is 6.55. The van der Waals surface area contributed by atoms with E-state index in [-0.39, 0.29) is 5.91 Å². The van der Waals surface area contributed by atoms with Crippen LogP contribution in [0.4, 0.5) is 0 Å². The fourth-order valence-electron chi connectivity index (χ4n) is 1.50.